The molecule has 1 aromatic carbocycles. The van der Waals surface area contributed by atoms with Crippen molar-refractivity contribution in [2.45, 2.75) is 25.8 Å². The van der Waals surface area contributed by atoms with Crippen LogP contribution in [0.4, 0.5) is 17.6 Å². The number of hydrogen-bond acceptors (Lipinski definition) is 6. The molecule has 23 heavy (non-hydrogen) atoms. The molecule has 6 heteroatoms. The predicted octanol–water partition coefficient (Wildman–Crippen LogP) is 3.76. The third kappa shape index (κ3) is 3.31. The minimum atomic E-state index is 0.503. The Morgan fingerprint density at radius 2 is 1.87 bits per heavy atom. The molecule has 1 aliphatic carbocycles. The first-order chi connectivity index (χ1) is 11.3. The van der Waals surface area contributed by atoms with Crippen LogP contribution in [0.5, 0.6) is 0 Å². The molecule has 6 nitrogen and oxygen atoms in total. The predicted molar refractivity (Wildman–Crippen MR) is 88.6 cm³/mol. The van der Waals surface area contributed by atoms with Crippen LogP contribution >= 0.6 is 0 Å². The normalized spacial score (nSPS) is 13.8. The summed E-state index contributed by atoms with van der Waals surface area (Å²) < 4.78 is 5.07. The van der Waals surface area contributed by atoms with Gasteiger partial charge in [0.05, 0.1) is 5.69 Å². The molecule has 4 rings (SSSR count). The van der Waals surface area contributed by atoms with Gasteiger partial charge in [0.1, 0.15) is 11.6 Å². The standard InChI is InChI=1S/C17H17N5O/c1-11-9-16(22-23-11)21-17-19-14(12-5-3-2-4-6-12)10-15(20-17)18-13-7-8-13/h2-6,9-10,13H,7-8H2,1H3,(H2,18,19,20,21,22). The Bertz CT molecular complexity index is 811. The Kier molecular flexibility index (Phi) is 3.42. The quantitative estimate of drug-likeness (QED) is 0.747. The lowest BCUT2D eigenvalue weighted by molar-refractivity contribution is 0.400. The highest BCUT2D eigenvalue weighted by molar-refractivity contribution is 5.65. The largest absolute Gasteiger partial charge is 0.367 e. The number of hydrogen-bond donors (Lipinski definition) is 2. The van der Waals surface area contributed by atoms with Crippen molar-refractivity contribution in [1.82, 2.24) is 15.1 Å². The Morgan fingerprint density at radius 1 is 1.04 bits per heavy atom. The van der Waals surface area contributed by atoms with Crippen molar-refractivity contribution < 1.29 is 4.52 Å². The van der Waals surface area contributed by atoms with Crippen LogP contribution in [0.3, 0.4) is 0 Å². The number of anilines is 3. The first kappa shape index (κ1) is 13.8. The van der Waals surface area contributed by atoms with Crippen molar-refractivity contribution in [2.24, 2.45) is 0 Å². The van der Waals surface area contributed by atoms with Gasteiger partial charge in [0.2, 0.25) is 5.95 Å². The molecule has 0 unspecified atom stereocenters. The van der Waals surface area contributed by atoms with Crippen LogP contribution in [-0.2, 0) is 0 Å². The molecule has 0 atom stereocenters. The van der Waals surface area contributed by atoms with E-state index in [9.17, 15) is 0 Å². The van der Waals surface area contributed by atoms with E-state index in [1.54, 1.807) is 0 Å². The van der Waals surface area contributed by atoms with E-state index < -0.39 is 0 Å². The van der Waals surface area contributed by atoms with E-state index in [0.29, 0.717) is 17.8 Å². The van der Waals surface area contributed by atoms with Crippen LogP contribution in [0.15, 0.2) is 47.0 Å². The lowest BCUT2D eigenvalue weighted by Gasteiger charge is -2.09. The Hall–Kier alpha value is -2.89. The van der Waals surface area contributed by atoms with E-state index in [1.165, 1.54) is 12.8 Å². The maximum absolute atomic E-state index is 5.07. The van der Waals surface area contributed by atoms with Gasteiger partial charge in [0.25, 0.3) is 0 Å². The van der Waals surface area contributed by atoms with Gasteiger partial charge in [0.15, 0.2) is 5.82 Å². The maximum Gasteiger partial charge on any atom is 0.231 e. The third-order valence-electron chi connectivity index (χ3n) is 3.59. The summed E-state index contributed by atoms with van der Waals surface area (Å²) in [5.41, 5.74) is 1.92. The molecule has 116 valence electrons. The van der Waals surface area contributed by atoms with E-state index in [4.69, 9.17) is 4.52 Å². The summed E-state index contributed by atoms with van der Waals surface area (Å²) in [5, 5.41) is 10.5. The summed E-state index contributed by atoms with van der Waals surface area (Å²) >= 11 is 0. The number of nitrogens with one attached hydrogen (secondary N) is 2. The summed E-state index contributed by atoms with van der Waals surface area (Å²) in [6.07, 6.45) is 2.38. The number of rotatable bonds is 5. The summed E-state index contributed by atoms with van der Waals surface area (Å²) in [6, 6.07) is 14.4. The van der Waals surface area contributed by atoms with Gasteiger partial charge in [-0.25, -0.2) is 4.98 Å². The third-order valence-corrected chi connectivity index (χ3v) is 3.59. The molecule has 3 aromatic rings. The van der Waals surface area contributed by atoms with Crippen molar-refractivity contribution in [1.29, 1.82) is 0 Å². The average Bonchev–Trinajstić information content (AvgIpc) is 3.28. The molecule has 2 heterocycles. The van der Waals surface area contributed by atoms with Gasteiger partial charge in [-0.05, 0) is 19.8 Å². The fourth-order valence-corrected chi connectivity index (χ4v) is 2.31. The Morgan fingerprint density at radius 3 is 2.57 bits per heavy atom. The van der Waals surface area contributed by atoms with Crippen molar-refractivity contribution in [2.75, 3.05) is 10.6 Å². The molecule has 1 aliphatic rings. The van der Waals surface area contributed by atoms with E-state index in [0.717, 1.165) is 22.8 Å². The van der Waals surface area contributed by atoms with Gasteiger partial charge in [-0.15, -0.1) is 0 Å². The van der Waals surface area contributed by atoms with Crippen LogP contribution in [0.25, 0.3) is 11.3 Å². The van der Waals surface area contributed by atoms with Crippen molar-refractivity contribution in [3.8, 4) is 11.3 Å². The minimum absolute atomic E-state index is 0.503. The molecular formula is C17H17N5O. The SMILES string of the molecule is Cc1cc(Nc2nc(NC3CC3)cc(-c3ccccc3)n2)no1. The van der Waals surface area contributed by atoms with Crippen molar-refractivity contribution in [3.05, 3.63) is 48.2 Å². The summed E-state index contributed by atoms with van der Waals surface area (Å²) in [7, 11) is 0. The summed E-state index contributed by atoms with van der Waals surface area (Å²) in [5.74, 6) is 2.67. The van der Waals surface area contributed by atoms with Gasteiger partial charge >= 0.3 is 0 Å². The van der Waals surface area contributed by atoms with E-state index >= 15 is 0 Å². The molecule has 0 bridgehead atoms. The van der Waals surface area contributed by atoms with E-state index in [-0.39, 0.29) is 0 Å². The summed E-state index contributed by atoms with van der Waals surface area (Å²) in [6.45, 7) is 1.85. The monoisotopic (exact) mass is 307 g/mol. The van der Waals surface area contributed by atoms with Crippen LogP contribution in [0, 0.1) is 6.92 Å². The van der Waals surface area contributed by atoms with Crippen LogP contribution in [0.2, 0.25) is 0 Å². The molecule has 0 aliphatic heterocycles. The van der Waals surface area contributed by atoms with Gasteiger partial charge < -0.3 is 15.2 Å². The lowest BCUT2D eigenvalue weighted by Crippen LogP contribution is -2.07. The summed E-state index contributed by atoms with van der Waals surface area (Å²) in [4.78, 5) is 9.12. The lowest BCUT2D eigenvalue weighted by atomic mass is 10.1. The molecular weight excluding hydrogens is 290 g/mol. The molecule has 2 aromatic heterocycles. The van der Waals surface area contributed by atoms with Gasteiger partial charge in [0, 0.05) is 23.7 Å². The molecule has 0 radical (unpaired) electrons. The highest BCUT2D eigenvalue weighted by Gasteiger charge is 2.22. The zero-order chi connectivity index (χ0) is 15.6. The molecule has 0 amide bonds. The second-order valence-electron chi connectivity index (χ2n) is 5.69. The van der Waals surface area contributed by atoms with E-state index in [2.05, 4.69) is 25.8 Å². The van der Waals surface area contributed by atoms with Crippen molar-refractivity contribution >= 4 is 17.6 Å². The number of aromatic nitrogens is 3. The second kappa shape index (κ2) is 5.72. The Balaban J connectivity index is 1.68. The van der Waals surface area contributed by atoms with Crippen LogP contribution < -0.4 is 10.6 Å². The number of aryl methyl sites for hydroxylation is 1. The highest BCUT2D eigenvalue weighted by atomic mass is 16.5. The minimum Gasteiger partial charge on any atom is -0.367 e. The zero-order valence-electron chi connectivity index (χ0n) is 12.8. The fraction of sp³-hybridized carbons (Fsp3) is 0.235. The van der Waals surface area contributed by atoms with Crippen molar-refractivity contribution in [3.63, 3.8) is 0 Å². The fourth-order valence-electron chi connectivity index (χ4n) is 2.31. The molecule has 1 fully saturated rings. The smallest absolute Gasteiger partial charge is 0.231 e. The highest BCUT2D eigenvalue weighted by Crippen LogP contribution is 2.27. The first-order valence-electron chi connectivity index (χ1n) is 7.68. The van der Waals surface area contributed by atoms with Crippen LogP contribution in [-0.4, -0.2) is 21.2 Å². The maximum atomic E-state index is 5.07. The van der Waals surface area contributed by atoms with Gasteiger partial charge in [-0.1, -0.05) is 35.5 Å². The Labute approximate surface area is 134 Å². The first-order valence-corrected chi connectivity index (χ1v) is 7.68. The van der Waals surface area contributed by atoms with Crippen LogP contribution in [0.1, 0.15) is 18.6 Å². The van der Waals surface area contributed by atoms with Gasteiger partial charge in [-0.2, -0.15) is 4.98 Å². The molecule has 0 saturated heterocycles. The molecule has 2 N–H and O–H groups in total. The number of nitrogens with zero attached hydrogens (tertiary/aromatic N) is 3. The molecule has 0 spiro atoms. The van der Waals surface area contributed by atoms with Gasteiger partial charge in [-0.3, -0.25) is 0 Å². The number of benzene rings is 1. The second-order valence-corrected chi connectivity index (χ2v) is 5.69. The zero-order valence-corrected chi connectivity index (χ0v) is 12.8. The van der Waals surface area contributed by atoms with E-state index in [1.807, 2.05) is 49.4 Å². The molecule has 1 saturated carbocycles. The average molecular weight is 307 g/mol. The topological polar surface area (TPSA) is 75.9 Å².